The summed E-state index contributed by atoms with van der Waals surface area (Å²) in [5.74, 6) is 0.166. The molecule has 35 heavy (non-hydrogen) atoms. The fraction of sp³-hybridized carbons (Fsp3) is 0.250. The first-order valence-corrected chi connectivity index (χ1v) is 11.1. The van der Waals surface area contributed by atoms with Gasteiger partial charge in [-0.15, -0.1) is 0 Å². The molecular weight excluding hydrogens is 476 g/mol. The predicted molar refractivity (Wildman–Crippen MR) is 130 cm³/mol. The quantitative estimate of drug-likeness (QED) is 0.538. The van der Waals surface area contributed by atoms with Crippen molar-refractivity contribution >= 4 is 23.2 Å². The van der Waals surface area contributed by atoms with Crippen LogP contribution in [0.3, 0.4) is 0 Å². The number of nitrogens with one attached hydrogen (secondary N) is 1. The lowest BCUT2D eigenvalue weighted by atomic mass is 9.98. The zero-order valence-electron chi connectivity index (χ0n) is 19.2. The number of nitrogens with zero attached hydrogens (tertiary/aromatic N) is 3. The number of rotatable bonds is 6. The molecule has 1 aliphatic heterocycles. The fourth-order valence-corrected chi connectivity index (χ4v) is 4.14. The van der Waals surface area contributed by atoms with E-state index in [1.807, 2.05) is 0 Å². The van der Waals surface area contributed by atoms with Gasteiger partial charge in [-0.25, -0.2) is 14.4 Å². The maximum absolute atomic E-state index is 12.8. The van der Waals surface area contributed by atoms with Crippen molar-refractivity contribution < 1.29 is 19.4 Å². The highest BCUT2D eigenvalue weighted by Crippen LogP contribution is 2.40. The highest BCUT2D eigenvalue weighted by atomic mass is 35.5. The van der Waals surface area contributed by atoms with Gasteiger partial charge in [-0.3, -0.25) is 14.6 Å². The van der Waals surface area contributed by atoms with Gasteiger partial charge in [0.05, 0.1) is 31.7 Å². The number of aromatic nitrogens is 2. The third kappa shape index (κ3) is 4.40. The number of methoxy groups -OCH3 is 2. The van der Waals surface area contributed by atoms with Gasteiger partial charge in [0.25, 0.3) is 5.56 Å². The molecule has 0 saturated carbocycles. The number of amides is 1. The number of aromatic hydroxyl groups is 1. The number of benzene rings is 2. The first kappa shape index (κ1) is 24.1. The molecule has 2 N–H and O–H groups in total. The molecule has 182 valence electrons. The van der Waals surface area contributed by atoms with Crippen molar-refractivity contribution in [3.63, 3.8) is 0 Å². The van der Waals surface area contributed by atoms with E-state index >= 15 is 0 Å². The van der Waals surface area contributed by atoms with Gasteiger partial charge in [0.15, 0.2) is 0 Å². The molecule has 1 atom stereocenters. The standard InChI is InChI=1S/C24H23ClN4O6/c1-4-20(30)29-18(16-11-15(34-2)9-10-19(16)35-3)12-17(27-29)21-22(31)26-24(33)28(23(21)32)14-7-5-13(25)6-8-14/h5-11,18,32H,4,12H2,1-3H3,(H,26,31,33)/t18-/m0/s1. The Morgan fingerprint density at radius 1 is 1.17 bits per heavy atom. The van der Waals surface area contributed by atoms with E-state index in [2.05, 4.69) is 10.1 Å². The van der Waals surface area contributed by atoms with E-state index in [9.17, 15) is 19.5 Å². The van der Waals surface area contributed by atoms with Gasteiger partial charge in [-0.05, 0) is 42.5 Å². The van der Waals surface area contributed by atoms with Gasteiger partial charge in [0.2, 0.25) is 11.8 Å². The summed E-state index contributed by atoms with van der Waals surface area (Å²) in [6, 6.07) is 10.7. The topological polar surface area (TPSA) is 126 Å². The minimum atomic E-state index is -0.829. The second-order valence-electron chi connectivity index (χ2n) is 7.74. The molecule has 4 rings (SSSR count). The molecule has 0 aliphatic carbocycles. The minimum absolute atomic E-state index is 0.0880. The summed E-state index contributed by atoms with van der Waals surface area (Å²) in [4.78, 5) is 40.4. The number of carbonyl (C=O) groups is 1. The van der Waals surface area contributed by atoms with Crippen LogP contribution in [0.25, 0.3) is 5.69 Å². The Kier molecular flexibility index (Phi) is 6.65. The van der Waals surface area contributed by atoms with Gasteiger partial charge in [0.1, 0.15) is 17.1 Å². The number of halogens is 1. The van der Waals surface area contributed by atoms with E-state index in [-0.39, 0.29) is 30.0 Å². The van der Waals surface area contributed by atoms with Gasteiger partial charge >= 0.3 is 5.69 Å². The molecule has 0 fully saturated rings. The average molecular weight is 499 g/mol. The summed E-state index contributed by atoms with van der Waals surface area (Å²) < 4.78 is 11.8. The van der Waals surface area contributed by atoms with Gasteiger partial charge in [0, 0.05) is 23.4 Å². The summed E-state index contributed by atoms with van der Waals surface area (Å²) in [7, 11) is 3.03. The van der Waals surface area contributed by atoms with Crippen LogP contribution < -0.4 is 20.7 Å². The van der Waals surface area contributed by atoms with Gasteiger partial charge in [-0.1, -0.05) is 18.5 Å². The van der Waals surface area contributed by atoms with E-state index in [1.54, 1.807) is 37.3 Å². The molecule has 0 saturated heterocycles. The predicted octanol–water partition coefficient (Wildman–Crippen LogP) is 2.99. The highest BCUT2D eigenvalue weighted by Gasteiger charge is 2.37. The number of aromatic amines is 1. The molecule has 1 aromatic heterocycles. The van der Waals surface area contributed by atoms with E-state index in [0.717, 1.165) is 4.57 Å². The summed E-state index contributed by atoms with van der Waals surface area (Å²) in [5, 5.41) is 17.1. The van der Waals surface area contributed by atoms with Gasteiger partial charge in [-0.2, -0.15) is 5.10 Å². The Morgan fingerprint density at radius 3 is 2.51 bits per heavy atom. The van der Waals surface area contributed by atoms with Crippen molar-refractivity contribution in [3.8, 4) is 23.1 Å². The van der Waals surface area contributed by atoms with E-state index in [4.69, 9.17) is 21.1 Å². The molecule has 0 radical (unpaired) electrons. The smallest absolute Gasteiger partial charge is 0.335 e. The molecular formula is C24H23ClN4O6. The van der Waals surface area contributed by atoms with Crippen LogP contribution in [0.15, 0.2) is 57.2 Å². The fourth-order valence-electron chi connectivity index (χ4n) is 4.01. The summed E-state index contributed by atoms with van der Waals surface area (Å²) in [6.45, 7) is 1.70. The first-order chi connectivity index (χ1) is 16.8. The maximum Gasteiger partial charge on any atom is 0.335 e. The van der Waals surface area contributed by atoms with E-state index in [0.29, 0.717) is 27.8 Å². The van der Waals surface area contributed by atoms with Crippen LogP contribution in [-0.4, -0.2) is 45.5 Å². The Morgan fingerprint density at radius 2 is 1.89 bits per heavy atom. The maximum atomic E-state index is 12.8. The Balaban J connectivity index is 1.86. The lowest BCUT2D eigenvalue weighted by Gasteiger charge is -2.23. The number of ether oxygens (including phenoxy) is 2. The van der Waals surface area contributed by atoms with Crippen LogP contribution in [0, 0.1) is 0 Å². The zero-order valence-corrected chi connectivity index (χ0v) is 20.0. The lowest BCUT2D eigenvalue weighted by Crippen LogP contribution is -2.33. The molecule has 11 heteroatoms. The Labute approximate surface area is 205 Å². The Bertz CT molecular complexity index is 1430. The van der Waals surface area contributed by atoms with Crippen LogP contribution in [0.1, 0.15) is 36.9 Å². The Hall–Kier alpha value is -4.05. The number of hydrogen-bond donors (Lipinski definition) is 2. The normalized spacial score (nSPS) is 15.1. The number of H-pyrrole nitrogens is 1. The summed E-state index contributed by atoms with van der Waals surface area (Å²) in [6.07, 6.45) is 0.247. The highest BCUT2D eigenvalue weighted by molar-refractivity contribution is 6.30. The first-order valence-electron chi connectivity index (χ1n) is 10.7. The average Bonchev–Trinajstić information content (AvgIpc) is 3.28. The third-order valence-corrected chi connectivity index (χ3v) is 5.98. The van der Waals surface area contributed by atoms with Crippen LogP contribution in [0.2, 0.25) is 5.02 Å². The molecule has 3 aromatic rings. The summed E-state index contributed by atoms with van der Waals surface area (Å²) >= 11 is 5.94. The molecule has 2 heterocycles. The molecule has 1 amide bonds. The van der Waals surface area contributed by atoms with Crippen LogP contribution in [0.5, 0.6) is 17.4 Å². The number of hydrazone groups is 1. The SMILES string of the molecule is CCC(=O)N1N=C(c2c(O)n(-c3ccc(Cl)cc3)c(=O)[nH]c2=O)C[C@H]1c1cc(OC)ccc1OC. The van der Waals surface area contributed by atoms with Crippen molar-refractivity contribution in [1.29, 1.82) is 0 Å². The molecule has 1 aliphatic rings. The minimum Gasteiger partial charge on any atom is -0.497 e. The van der Waals surface area contributed by atoms with Crippen LogP contribution in [0.4, 0.5) is 0 Å². The largest absolute Gasteiger partial charge is 0.497 e. The second-order valence-corrected chi connectivity index (χ2v) is 8.17. The second kappa shape index (κ2) is 9.67. The summed E-state index contributed by atoms with van der Waals surface area (Å²) in [5.41, 5.74) is -0.806. The zero-order chi connectivity index (χ0) is 25.3. The van der Waals surface area contributed by atoms with Crippen molar-refractivity contribution in [1.82, 2.24) is 14.6 Å². The molecule has 10 nitrogen and oxygen atoms in total. The molecule has 0 spiro atoms. The van der Waals surface area contributed by atoms with Crippen LogP contribution in [-0.2, 0) is 4.79 Å². The third-order valence-electron chi connectivity index (χ3n) is 5.72. The van der Waals surface area contributed by atoms with E-state index < -0.39 is 23.2 Å². The van der Waals surface area contributed by atoms with Crippen LogP contribution >= 0.6 is 11.6 Å². The monoisotopic (exact) mass is 498 g/mol. The molecule has 2 aromatic carbocycles. The lowest BCUT2D eigenvalue weighted by molar-refractivity contribution is -0.132. The number of carbonyl (C=O) groups excluding carboxylic acids is 1. The van der Waals surface area contributed by atoms with Crippen molar-refractivity contribution in [2.75, 3.05) is 14.2 Å². The van der Waals surface area contributed by atoms with Crippen molar-refractivity contribution in [2.45, 2.75) is 25.8 Å². The number of hydrogen-bond acceptors (Lipinski definition) is 7. The van der Waals surface area contributed by atoms with Crippen molar-refractivity contribution in [2.24, 2.45) is 5.10 Å². The van der Waals surface area contributed by atoms with Crippen molar-refractivity contribution in [3.05, 3.63) is 79.5 Å². The van der Waals surface area contributed by atoms with Gasteiger partial charge < -0.3 is 14.6 Å². The molecule has 0 bridgehead atoms. The van der Waals surface area contributed by atoms with E-state index in [1.165, 1.54) is 31.4 Å². The molecule has 0 unspecified atom stereocenters.